The van der Waals surface area contributed by atoms with Crippen LogP contribution in [0.4, 0.5) is 0 Å². The summed E-state index contributed by atoms with van der Waals surface area (Å²) in [4.78, 5) is 17.2. The zero-order valence-corrected chi connectivity index (χ0v) is 10.1. The van der Waals surface area contributed by atoms with Crippen LogP contribution in [-0.4, -0.2) is 41.6 Å². The maximum absolute atomic E-state index is 11.3. The van der Waals surface area contributed by atoms with E-state index in [1.165, 1.54) is 0 Å². The average Bonchev–Trinajstić information content (AvgIpc) is 2.29. The number of primary amides is 1. The molecule has 0 saturated carbocycles. The Morgan fingerprint density at radius 3 is 3.24 bits per heavy atom. The fourth-order valence-electron chi connectivity index (χ4n) is 1.86. The molecule has 0 radical (unpaired) electrons. The minimum absolute atomic E-state index is 0.355. The highest BCUT2D eigenvalue weighted by Gasteiger charge is 2.27. The number of amides is 1. The maximum atomic E-state index is 11.3. The number of morpholine rings is 1. The Morgan fingerprint density at radius 2 is 2.53 bits per heavy atom. The molecule has 0 bridgehead atoms. The highest BCUT2D eigenvalue weighted by atomic mass is 35.5. The number of nitrogens with zero attached hydrogens (tertiary/aromatic N) is 2. The van der Waals surface area contributed by atoms with E-state index in [1.54, 1.807) is 12.3 Å². The van der Waals surface area contributed by atoms with E-state index in [4.69, 9.17) is 22.1 Å². The van der Waals surface area contributed by atoms with Gasteiger partial charge < -0.3 is 10.5 Å². The Kier molecular flexibility index (Phi) is 3.93. The molecule has 17 heavy (non-hydrogen) atoms. The first-order valence-corrected chi connectivity index (χ1v) is 5.76. The Labute approximate surface area is 105 Å². The summed E-state index contributed by atoms with van der Waals surface area (Å²) in [5.41, 5.74) is 6.35. The number of aromatic nitrogens is 1. The van der Waals surface area contributed by atoms with E-state index in [0.717, 1.165) is 5.56 Å². The fraction of sp³-hybridized carbons (Fsp3) is 0.455. The second-order valence-electron chi connectivity index (χ2n) is 3.95. The Bertz CT molecular complexity index is 413. The largest absolute Gasteiger partial charge is 0.378 e. The predicted molar refractivity (Wildman–Crippen MR) is 63.5 cm³/mol. The highest BCUT2D eigenvalue weighted by Crippen LogP contribution is 2.14. The van der Waals surface area contributed by atoms with E-state index in [-0.39, 0.29) is 11.9 Å². The van der Waals surface area contributed by atoms with Crippen molar-refractivity contribution < 1.29 is 9.53 Å². The number of hydrogen-bond donors (Lipinski definition) is 1. The lowest BCUT2D eigenvalue weighted by molar-refractivity contribution is -0.129. The van der Waals surface area contributed by atoms with Gasteiger partial charge in [-0.2, -0.15) is 0 Å². The zero-order chi connectivity index (χ0) is 12.3. The molecule has 1 amide bonds. The number of carbonyl (C=O) groups is 1. The Hall–Kier alpha value is -1.17. The quantitative estimate of drug-likeness (QED) is 0.795. The molecule has 0 aliphatic carbocycles. The molecule has 1 aliphatic heterocycles. The van der Waals surface area contributed by atoms with Gasteiger partial charge in [-0.25, -0.2) is 4.98 Å². The van der Waals surface area contributed by atoms with Crippen molar-refractivity contribution in [3.8, 4) is 0 Å². The minimum Gasteiger partial charge on any atom is -0.378 e. The van der Waals surface area contributed by atoms with Gasteiger partial charge in [-0.1, -0.05) is 11.6 Å². The van der Waals surface area contributed by atoms with Crippen LogP contribution in [0.2, 0.25) is 5.15 Å². The molecule has 0 aromatic carbocycles. The third-order valence-electron chi connectivity index (χ3n) is 2.74. The van der Waals surface area contributed by atoms with Gasteiger partial charge in [0.05, 0.1) is 13.2 Å². The van der Waals surface area contributed by atoms with E-state index in [2.05, 4.69) is 4.98 Å². The number of carbonyl (C=O) groups excluding carboxylic acids is 1. The van der Waals surface area contributed by atoms with Gasteiger partial charge in [-0.3, -0.25) is 9.69 Å². The van der Waals surface area contributed by atoms with Gasteiger partial charge >= 0.3 is 0 Å². The van der Waals surface area contributed by atoms with Crippen LogP contribution >= 0.6 is 11.6 Å². The van der Waals surface area contributed by atoms with E-state index in [1.807, 2.05) is 11.0 Å². The van der Waals surface area contributed by atoms with Gasteiger partial charge in [-0.05, 0) is 17.7 Å². The summed E-state index contributed by atoms with van der Waals surface area (Å²) in [6.45, 7) is 2.28. The van der Waals surface area contributed by atoms with E-state index < -0.39 is 0 Å². The van der Waals surface area contributed by atoms with E-state index >= 15 is 0 Å². The van der Waals surface area contributed by atoms with Crippen LogP contribution in [0.15, 0.2) is 18.3 Å². The molecule has 1 atom stereocenters. The van der Waals surface area contributed by atoms with Crippen molar-refractivity contribution in [3.05, 3.63) is 29.0 Å². The molecule has 2 N–H and O–H groups in total. The number of rotatable bonds is 3. The van der Waals surface area contributed by atoms with Gasteiger partial charge in [0.2, 0.25) is 5.91 Å². The number of nitrogens with two attached hydrogens (primary N) is 1. The molecular formula is C11H14ClN3O2. The molecule has 6 heteroatoms. The molecule has 5 nitrogen and oxygen atoms in total. The number of ether oxygens (including phenoxy) is 1. The van der Waals surface area contributed by atoms with Crippen molar-refractivity contribution in [3.63, 3.8) is 0 Å². The smallest absolute Gasteiger partial charge is 0.237 e. The summed E-state index contributed by atoms with van der Waals surface area (Å²) in [5.74, 6) is -0.357. The van der Waals surface area contributed by atoms with Crippen molar-refractivity contribution in [1.82, 2.24) is 9.88 Å². The molecule has 1 aliphatic rings. The third kappa shape index (κ3) is 3.15. The SMILES string of the molecule is NC(=O)C1COCCN1Cc1ccnc(Cl)c1. The molecule has 1 aromatic rings. The van der Waals surface area contributed by atoms with Crippen LogP contribution in [-0.2, 0) is 16.1 Å². The molecule has 1 saturated heterocycles. The molecular weight excluding hydrogens is 242 g/mol. The molecule has 1 fully saturated rings. The van der Waals surface area contributed by atoms with E-state index in [0.29, 0.717) is 31.5 Å². The monoisotopic (exact) mass is 255 g/mol. The van der Waals surface area contributed by atoms with Crippen molar-refractivity contribution >= 4 is 17.5 Å². The Morgan fingerprint density at radius 1 is 1.71 bits per heavy atom. The van der Waals surface area contributed by atoms with Crippen molar-refractivity contribution in [2.24, 2.45) is 5.73 Å². The lowest BCUT2D eigenvalue weighted by atomic mass is 10.1. The second kappa shape index (κ2) is 5.44. The zero-order valence-electron chi connectivity index (χ0n) is 9.30. The summed E-state index contributed by atoms with van der Waals surface area (Å²) in [5, 5.41) is 0.450. The first kappa shape index (κ1) is 12.3. The summed E-state index contributed by atoms with van der Waals surface area (Å²) in [7, 11) is 0. The number of pyridine rings is 1. The van der Waals surface area contributed by atoms with Gasteiger partial charge in [-0.15, -0.1) is 0 Å². The van der Waals surface area contributed by atoms with Crippen LogP contribution in [0, 0.1) is 0 Å². The van der Waals surface area contributed by atoms with E-state index in [9.17, 15) is 4.79 Å². The molecule has 1 aromatic heterocycles. The normalized spacial score (nSPS) is 21.4. The van der Waals surface area contributed by atoms with Crippen LogP contribution in [0.3, 0.4) is 0 Å². The third-order valence-corrected chi connectivity index (χ3v) is 2.95. The minimum atomic E-state index is -0.365. The number of hydrogen-bond acceptors (Lipinski definition) is 4. The van der Waals surface area contributed by atoms with Crippen molar-refractivity contribution in [2.75, 3.05) is 19.8 Å². The molecule has 0 spiro atoms. The van der Waals surface area contributed by atoms with Crippen LogP contribution in [0.1, 0.15) is 5.56 Å². The summed E-state index contributed by atoms with van der Waals surface area (Å²) in [6.07, 6.45) is 1.65. The average molecular weight is 256 g/mol. The molecule has 2 rings (SSSR count). The second-order valence-corrected chi connectivity index (χ2v) is 4.34. The van der Waals surface area contributed by atoms with Crippen molar-refractivity contribution in [2.45, 2.75) is 12.6 Å². The van der Waals surface area contributed by atoms with Gasteiger partial charge in [0.25, 0.3) is 0 Å². The standard InChI is InChI=1S/C11H14ClN3O2/c12-10-5-8(1-2-14-10)6-15-3-4-17-7-9(15)11(13)16/h1-2,5,9H,3-4,6-7H2,(H2,13,16). The molecule has 2 heterocycles. The summed E-state index contributed by atoms with van der Waals surface area (Å²) in [6, 6.07) is 3.30. The van der Waals surface area contributed by atoms with Crippen LogP contribution < -0.4 is 5.73 Å². The lowest BCUT2D eigenvalue weighted by Gasteiger charge is -2.33. The summed E-state index contributed by atoms with van der Waals surface area (Å²) >= 11 is 5.82. The summed E-state index contributed by atoms with van der Waals surface area (Å²) < 4.78 is 5.25. The first-order valence-electron chi connectivity index (χ1n) is 5.38. The van der Waals surface area contributed by atoms with Gasteiger partial charge in [0.1, 0.15) is 11.2 Å². The first-order chi connectivity index (χ1) is 8.16. The topological polar surface area (TPSA) is 68.5 Å². The van der Waals surface area contributed by atoms with Crippen molar-refractivity contribution in [1.29, 1.82) is 0 Å². The fourth-order valence-corrected chi connectivity index (χ4v) is 2.06. The predicted octanol–water partition coefficient (Wildman–Crippen LogP) is 0.421. The maximum Gasteiger partial charge on any atom is 0.237 e. The lowest BCUT2D eigenvalue weighted by Crippen LogP contribution is -2.51. The van der Waals surface area contributed by atoms with Gasteiger partial charge in [0, 0.05) is 19.3 Å². The molecule has 1 unspecified atom stereocenters. The number of halogens is 1. The highest BCUT2D eigenvalue weighted by molar-refractivity contribution is 6.29. The molecule has 92 valence electrons. The Balaban J connectivity index is 2.08. The van der Waals surface area contributed by atoms with Crippen LogP contribution in [0.5, 0.6) is 0 Å². The van der Waals surface area contributed by atoms with Crippen LogP contribution in [0.25, 0.3) is 0 Å². The van der Waals surface area contributed by atoms with Gasteiger partial charge in [0.15, 0.2) is 0 Å².